The summed E-state index contributed by atoms with van der Waals surface area (Å²) < 4.78 is 10.9. The second-order valence-electron chi connectivity index (χ2n) is 9.07. The molecule has 2 atom stereocenters. The van der Waals surface area contributed by atoms with Crippen LogP contribution in [0.4, 0.5) is 5.69 Å². The van der Waals surface area contributed by atoms with E-state index in [1.807, 2.05) is 6.07 Å². The molecule has 2 unspecified atom stereocenters. The number of hydrogen-bond acceptors (Lipinski definition) is 6. The second-order valence-corrected chi connectivity index (χ2v) is 9.07. The molecule has 0 fully saturated rings. The van der Waals surface area contributed by atoms with Crippen LogP contribution >= 0.6 is 0 Å². The van der Waals surface area contributed by atoms with Crippen molar-refractivity contribution in [1.29, 1.82) is 0 Å². The molecule has 1 aliphatic rings. The summed E-state index contributed by atoms with van der Waals surface area (Å²) in [5.41, 5.74) is 11.0. The Hall–Kier alpha value is -3.38. The molecule has 34 heavy (non-hydrogen) atoms. The third-order valence-electron chi connectivity index (χ3n) is 6.90. The van der Waals surface area contributed by atoms with Gasteiger partial charge in [-0.3, -0.25) is 0 Å². The number of rotatable bonds is 9. The molecule has 6 heteroatoms. The van der Waals surface area contributed by atoms with Crippen molar-refractivity contribution in [1.82, 2.24) is 10.0 Å². The van der Waals surface area contributed by atoms with Gasteiger partial charge < -0.3 is 25.5 Å². The first-order chi connectivity index (χ1) is 16.4. The summed E-state index contributed by atoms with van der Waals surface area (Å²) in [5.74, 6) is 1.87. The number of nitrogens with two attached hydrogens (primary N) is 1. The monoisotopic (exact) mass is 460 g/mol. The van der Waals surface area contributed by atoms with Crippen LogP contribution in [0.5, 0.6) is 11.5 Å². The lowest BCUT2D eigenvalue weighted by Crippen LogP contribution is -2.37. The van der Waals surface area contributed by atoms with Crippen LogP contribution in [0.15, 0.2) is 72.1 Å². The number of benzene rings is 3. The Morgan fingerprint density at radius 3 is 2.38 bits per heavy atom. The van der Waals surface area contributed by atoms with Crippen molar-refractivity contribution in [2.75, 3.05) is 40.2 Å². The van der Waals surface area contributed by atoms with Gasteiger partial charge in [0.15, 0.2) is 11.5 Å². The van der Waals surface area contributed by atoms with Gasteiger partial charge in [0, 0.05) is 30.9 Å². The number of anilines is 1. The van der Waals surface area contributed by atoms with Crippen molar-refractivity contribution < 1.29 is 9.47 Å². The molecule has 0 amide bonds. The minimum Gasteiger partial charge on any atom is -0.493 e. The zero-order chi connectivity index (χ0) is 24.2. The van der Waals surface area contributed by atoms with Gasteiger partial charge in [-0.15, -0.1) is 0 Å². The Bertz CT molecular complexity index is 1170. The summed E-state index contributed by atoms with van der Waals surface area (Å²) in [7, 11) is 7.50. The van der Waals surface area contributed by atoms with E-state index in [9.17, 15) is 0 Å². The molecule has 0 saturated carbocycles. The Kier molecular flexibility index (Phi) is 7.17. The van der Waals surface area contributed by atoms with Gasteiger partial charge >= 0.3 is 0 Å². The van der Waals surface area contributed by atoms with Crippen LogP contribution in [0, 0.1) is 0 Å². The SMILES string of the molecule is COc1ccc(C(C)CCC(Nc2cccc3ccccc23)C2=C(N)CN(C)N2C)cc1OC. The van der Waals surface area contributed by atoms with Crippen molar-refractivity contribution in [3.8, 4) is 11.5 Å². The molecule has 0 aliphatic carbocycles. The average Bonchev–Trinajstić information content (AvgIpc) is 3.11. The number of nitrogens with zero attached hydrogens (tertiary/aromatic N) is 2. The van der Waals surface area contributed by atoms with Crippen LogP contribution in [-0.4, -0.2) is 50.9 Å². The van der Waals surface area contributed by atoms with Crippen molar-refractivity contribution in [3.63, 3.8) is 0 Å². The van der Waals surface area contributed by atoms with Crippen molar-refractivity contribution in [2.24, 2.45) is 5.73 Å². The summed E-state index contributed by atoms with van der Waals surface area (Å²) in [6.07, 6.45) is 1.93. The number of methoxy groups -OCH3 is 2. The first kappa shape index (κ1) is 23.8. The summed E-state index contributed by atoms with van der Waals surface area (Å²) in [6.45, 7) is 3.00. The van der Waals surface area contributed by atoms with Crippen LogP contribution in [0.25, 0.3) is 10.8 Å². The maximum atomic E-state index is 6.54. The summed E-state index contributed by atoms with van der Waals surface area (Å²) in [4.78, 5) is 0. The van der Waals surface area contributed by atoms with E-state index in [1.165, 1.54) is 16.3 Å². The van der Waals surface area contributed by atoms with E-state index in [2.05, 4.69) is 91.0 Å². The van der Waals surface area contributed by atoms with E-state index in [-0.39, 0.29) is 6.04 Å². The third-order valence-corrected chi connectivity index (χ3v) is 6.90. The molecule has 0 saturated heterocycles. The van der Waals surface area contributed by atoms with E-state index in [0.29, 0.717) is 5.92 Å². The maximum absolute atomic E-state index is 6.54. The van der Waals surface area contributed by atoms with E-state index >= 15 is 0 Å². The second kappa shape index (κ2) is 10.3. The highest BCUT2D eigenvalue weighted by Gasteiger charge is 2.30. The molecule has 6 nitrogen and oxygen atoms in total. The first-order valence-corrected chi connectivity index (χ1v) is 11.8. The Morgan fingerprint density at radius 2 is 1.68 bits per heavy atom. The van der Waals surface area contributed by atoms with Crippen LogP contribution in [0.2, 0.25) is 0 Å². The van der Waals surface area contributed by atoms with Crippen LogP contribution < -0.4 is 20.5 Å². The minimum absolute atomic E-state index is 0.0864. The van der Waals surface area contributed by atoms with Gasteiger partial charge in [-0.05, 0) is 47.9 Å². The normalized spacial score (nSPS) is 16.1. The smallest absolute Gasteiger partial charge is 0.160 e. The first-order valence-electron chi connectivity index (χ1n) is 11.8. The maximum Gasteiger partial charge on any atom is 0.160 e. The molecule has 0 radical (unpaired) electrons. The van der Waals surface area contributed by atoms with Crippen molar-refractivity contribution in [2.45, 2.75) is 31.7 Å². The largest absolute Gasteiger partial charge is 0.493 e. The zero-order valence-corrected chi connectivity index (χ0v) is 20.8. The van der Waals surface area contributed by atoms with Gasteiger partial charge in [0.05, 0.1) is 32.5 Å². The zero-order valence-electron chi connectivity index (χ0n) is 20.8. The highest BCUT2D eigenvalue weighted by molar-refractivity contribution is 5.94. The van der Waals surface area contributed by atoms with Crippen LogP contribution in [-0.2, 0) is 0 Å². The van der Waals surface area contributed by atoms with Gasteiger partial charge in [0.2, 0.25) is 0 Å². The molecule has 3 aromatic carbocycles. The van der Waals surface area contributed by atoms with Gasteiger partial charge in [0.25, 0.3) is 0 Å². The fourth-order valence-corrected chi connectivity index (χ4v) is 4.83. The topological polar surface area (TPSA) is 63.0 Å². The molecule has 1 aliphatic heterocycles. The number of fused-ring (bicyclic) bond motifs is 1. The molecule has 3 aromatic rings. The molecule has 180 valence electrons. The number of nitrogens with one attached hydrogen (secondary N) is 1. The quantitative estimate of drug-likeness (QED) is 0.459. The molecule has 0 spiro atoms. The number of ether oxygens (including phenoxy) is 2. The van der Waals surface area contributed by atoms with Gasteiger partial charge in [-0.2, -0.15) is 0 Å². The molecule has 0 aromatic heterocycles. The number of hydrogen-bond donors (Lipinski definition) is 2. The van der Waals surface area contributed by atoms with Crippen LogP contribution in [0.1, 0.15) is 31.2 Å². The van der Waals surface area contributed by atoms with Gasteiger partial charge in [0.1, 0.15) is 0 Å². The molecular formula is C28H36N4O2. The number of hydrazine groups is 1. The van der Waals surface area contributed by atoms with E-state index < -0.39 is 0 Å². The predicted octanol–water partition coefficient (Wildman–Crippen LogP) is 5.18. The Balaban J connectivity index is 1.60. The Labute approximate surface area is 202 Å². The highest BCUT2D eigenvalue weighted by Crippen LogP contribution is 2.34. The molecule has 3 N–H and O–H groups in total. The van der Waals surface area contributed by atoms with E-state index in [0.717, 1.165) is 48.0 Å². The standard InChI is InChI=1S/C28H36N4O2/c1-19(21-14-16-26(33-4)27(17-21)34-5)13-15-25(28-23(29)18-31(2)32(28)3)30-24-12-8-10-20-9-6-7-11-22(20)24/h6-12,14,16-17,19,25,30H,13,15,18,29H2,1-5H3. The summed E-state index contributed by atoms with van der Waals surface area (Å²) in [5, 5.41) is 10.6. The average molecular weight is 461 g/mol. The summed E-state index contributed by atoms with van der Waals surface area (Å²) >= 11 is 0. The fourth-order valence-electron chi connectivity index (χ4n) is 4.83. The third kappa shape index (κ3) is 4.77. The lowest BCUT2D eigenvalue weighted by Gasteiger charge is -2.31. The lowest BCUT2D eigenvalue weighted by atomic mass is 9.92. The lowest BCUT2D eigenvalue weighted by molar-refractivity contribution is 0.0957. The van der Waals surface area contributed by atoms with Crippen molar-refractivity contribution in [3.05, 3.63) is 77.6 Å². The van der Waals surface area contributed by atoms with Crippen molar-refractivity contribution >= 4 is 16.5 Å². The minimum atomic E-state index is 0.0864. The molecule has 4 rings (SSSR count). The Morgan fingerprint density at radius 1 is 0.941 bits per heavy atom. The van der Waals surface area contributed by atoms with E-state index in [1.54, 1.807) is 14.2 Å². The van der Waals surface area contributed by atoms with Gasteiger partial charge in [-0.1, -0.05) is 49.4 Å². The summed E-state index contributed by atoms with van der Waals surface area (Å²) in [6, 6.07) is 21.2. The molecular weight excluding hydrogens is 424 g/mol. The van der Waals surface area contributed by atoms with Gasteiger partial charge in [-0.25, -0.2) is 5.01 Å². The number of likely N-dealkylation sites (N-methyl/N-ethyl adjacent to an activating group) is 2. The fraction of sp³-hybridized carbons (Fsp3) is 0.357. The molecule has 1 heterocycles. The molecule has 0 bridgehead atoms. The van der Waals surface area contributed by atoms with E-state index in [4.69, 9.17) is 15.2 Å². The predicted molar refractivity (Wildman–Crippen MR) is 140 cm³/mol. The van der Waals surface area contributed by atoms with Crippen LogP contribution in [0.3, 0.4) is 0 Å². The highest BCUT2D eigenvalue weighted by atomic mass is 16.5.